The summed E-state index contributed by atoms with van der Waals surface area (Å²) in [5.74, 6) is 2.72. The summed E-state index contributed by atoms with van der Waals surface area (Å²) in [6.45, 7) is 6.16. The molecular formula is C20H27IN6O. The second kappa shape index (κ2) is 10.8. The van der Waals surface area contributed by atoms with Crippen molar-refractivity contribution in [2.24, 2.45) is 4.99 Å². The number of pyridine rings is 1. The van der Waals surface area contributed by atoms with Crippen molar-refractivity contribution < 1.29 is 4.52 Å². The number of guanidine groups is 1. The molecule has 3 N–H and O–H groups in total. The van der Waals surface area contributed by atoms with Gasteiger partial charge in [-0.05, 0) is 24.1 Å². The van der Waals surface area contributed by atoms with Crippen LogP contribution in [0.2, 0.25) is 0 Å². The van der Waals surface area contributed by atoms with Gasteiger partial charge in [0.25, 0.3) is 0 Å². The molecule has 3 rings (SSSR count). The molecule has 0 bridgehead atoms. The van der Waals surface area contributed by atoms with Crippen LogP contribution >= 0.6 is 24.0 Å². The maximum Gasteiger partial charge on any atom is 0.191 e. The molecule has 2 aromatic heterocycles. The number of rotatable bonds is 7. The fraction of sp³-hybridized carbons (Fsp3) is 0.350. The van der Waals surface area contributed by atoms with E-state index in [9.17, 15) is 0 Å². The molecule has 0 aliphatic heterocycles. The number of anilines is 1. The van der Waals surface area contributed by atoms with Crippen LogP contribution in [-0.4, -0.2) is 36.2 Å². The first kappa shape index (κ1) is 21.9. The van der Waals surface area contributed by atoms with Crippen LogP contribution in [0.4, 0.5) is 5.82 Å². The lowest BCUT2D eigenvalue weighted by Gasteiger charge is -2.11. The van der Waals surface area contributed by atoms with Gasteiger partial charge in [-0.3, -0.25) is 4.99 Å². The number of aromatic nitrogens is 2. The molecule has 0 amide bonds. The minimum Gasteiger partial charge on any atom is -0.368 e. The van der Waals surface area contributed by atoms with Crippen LogP contribution in [-0.2, 0) is 6.54 Å². The summed E-state index contributed by atoms with van der Waals surface area (Å²) in [7, 11) is 1.74. The Balaban J connectivity index is 0.00000280. The minimum atomic E-state index is 0. The van der Waals surface area contributed by atoms with Crippen molar-refractivity contribution in [2.75, 3.05) is 25.5 Å². The minimum absolute atomic E-state index is 0. The number of hydrogen-bond donors (Lipinski definition) is 3. The Labute approximate surface area is 182 Å². The summed E-state index contributed by atoms with van der Waals surface area (Å²) in [5.41, 5.74) is 1.95. The zero-order valence-corrected chi connectivity index (χ0v) is 18.7. The molecule has 0 unspecified atom stereocenters. The quantitative estimate of drug-likeness (QED) is 0.201. The summed E-state index contributed by atoms with van der Waals surface area (Å²) in [4.78, 5) is 8.82. The molecule has 0 fully saturated rings. The van der Waals surface area contributed by atoms with Crippen molar-refractivity contribution in [1.29, 1.82) is 0 Å². The Kier molecular flexibility index (Phi) is 8.49. The Morgan fingerprint density at radius 3 is 2.68 bits per heavy atom. The second-order valence-corrected chi connectivity index (χ2v) is 6.54. The van der Waals surface area contributed by atoms with E-state index in [0.29, 0.717) is 25.0 Å². The zero-order valence-electron chi connectivity index (χ0n) is 16.4. The molecule has 3 aromatic rings. The molecule has 0 spiro atoms. The summed E-state index contributed by atoms with van der Waals surface area (Å²) in [5, 5.41) is 15.0. The van der Waals surface area contributed by atoms with Crippen molar-refractivity contribution in [1.82, 2.24) is 20.8 Å². The fourth-order valence-corrected chi connectivity index (χ4v) is 2.61. The average molecular weight is 494 g/mol. The largest absolute Gasteiger partial charge is 0.368 e. The Hall–Kier alpha value is -2.36. The molecule has 1 aromatic carbocycles. The van der Waals surface area contributed by atoms with Gasteiger partial charge in [0.05, 0.1) is 17.8 Å². The SMILES string of the molecule is CN=C(NCCNc1ccc2ccccc2n1)NCc1cc(C(C)C)no1.I. The number of para-hydroxylation sites is 1. The Bertz CT molecular complexity index is 908. The van der Waals surface area contributed by atoms with Gasteiger partial charge in [0.15, 0.2) is 11.7 Å². The number of benzene rings is 1. The van der Waals surface area contributed by atoms with Crippen LogP contribution in [0.3, 0.4) is 0 Å². The normalized spacial score (nSPS) is 11.4. The number of halogens is 1. The molecule has 0 aliphatic carbocycles. The highest BCUT2D eigenvalue weighted by Crippen LogP contribution is 2.14. The van der Waals surface area contributed by atoms with Gasteiger partial charge in [0.2, 0.25) is 0 Å². The molecule has 0 atom stereocenters. The number of nitrogens with one attached hydrogen (secondary N) is 3. The number of aliphatic imine (C=N–C) groups is 1. The highest BCUT2D eigenvalue weighted by molar-refractivity contribution is 14.0. The molecule has 150 valence electrons. The standard InChI is InChI=1S/C20H26N6O.HI/c1-14(2)18-12-16(27-26-18)13-24-20(21-3)23-11-10-22-19-9-8-15-6-4-5-7-17(15)25-19;/h4-9,12,14H,10-11,13H2,1-3H3,(H,22,25)(H2,21,23,24);1H. The zero-order chi connectivity index (χ0) is 19.1. The number of nitrogens with zero attached hydrogens (tertiary/aromatic N) is 3. The monoisotopic (exact) mass is 494 g/mol. The first-order valence-corrected chi connectivity index (χ1v) is 9.15. The van der Waals surface area contributed by atoms with Crippen LogP contribution in [0.15, 0.2) is 52.0 Å². The van der Waals surface area contributed by atoms with E-state index in [1.807, 2.05) is 30.3 Å². The first-order chi connectivity index (χ1) is 13.2. The molecule has 28 heavy (non-hydrogen) atoms. The van der Waals surface area contributed by atoms with E-state index < -0.39 is 0 Å². The Morgan fingerprint density at radius 2 is 1.93 bits per heavy atom. The third-order valence-corrected chi connectivity index (χ3v) is 4.14. The summed E-state index contributed by atoms with van der Waals surface area (Å²) < 4.78 is 5.32. The lowest BCUT2D eigenvalue weighted by atomic mass is 10.1. The van der Waals surface area contributed by atoms with E-state index >= 15 is 0 Å². The van der Waals surface area contributed by atoms with Gasteiger partial charge in [-0.2, -0.15) is 0 Å². The molecule has 8 heteroatoms. The molecule has 7 nitrogen and oxygen atoms in total. The van der Waals surface area contributed by atoms with Gasteiger partial charge < -0.3 is 20.5 Å². The van der Waals surface area contributed by atoms with E-state index in [4.69, 9.17) is 4.52 Å². The summed E-state index contributed by atoms with van der Waals surface area (Å²) in [6, 6.07) is 14.1. The first-order valence-electron chi connectivity index (χ1n) is 9.15. The van der Waals surface area contributed by atoms with Crippen LogP contribution in [0.25, 0.3) is 10.9 Å². The summed E-state index contributed by atoms with van der Waals surface area (Å²) >= 11 is 0. The van der Waals surface area contributed by atoms with Crippen molar-refractivity contribution >= 4 is 46.7 Å². The summed E-state index contributed by atoms with van der Waals surface area (Å²) in [6.07, 6.45) is 0. The third-order valence-electron chi connectivity index (χ3n) is 4.14. The van der Waals surface area contributed by atoms with Crippen LogP contribution in [0.1, 0.15) is 31.2 Å². The molecule has 2 heterocycles. The molecule has 0 saturated carbocycles. The predicted octanol–water partition coefficient (Wildman–Crippen LogP) is 3.74. The van der Waals surface area contributed by atoms with Crippen LogP contribution < -0.4 is 16.0 Å². The Morgan fingerprint density at radius 1 is 1.11 bits per heavy atom. The lowest BCUT2D eigenvalue weighted by molar-refractivity contribution is 0.372. The van der Waals surface area contributed by atoms with Crippen molar-refractivity contribution in [2.45, 2.75) is 26.3 Å². The number of fused-ring (bicyclic) bond motifs is 1. The topological polar surface area (TPSA) is 87.4 Å². The molecule has 0 aliphatic rings. The molecule has 0 saturated heterocycles. The van der Waals surface area contributed by atoms with Crippen molar-refractivity contribution in [3.8, 4) is 0 Å². The van der Waals surface area contributed by atoms with Gasteiger partial charge in [-0.25, -0.2) is 4.98 Å². The van der Waals surface area contributed by atoms with Crippen LogP contribution in [0.5, 0.6) is 0 Å². The van der Waals surface area contributed by atoms with Gasteiger partial charge in [-0.15, -0.1) is 24.0 Å². The highest BCUT2D eigenvalue weighted by Gasteiger charge is 2.08. The second-order valence-electron chi connectivity index (χ2n) is 6.54. The number of hydrogen-bond acceptors (Lipinski definition) is 5. The van der Waals surface area contributed by atoms with Crippen molar-refractivity contribution in [3.63, 3.8) is 0 Å². The fourth-order valence-electron chi connectivity index (χ4n) is 2.61. The highest BCUT2D eigenvalue weighted by atomic mass is 127. The van der Waals surface area contributed by atoms with E-state index in [1.54, 1.807) is 7.05 Å². The lowest BCUT2D eigenvalue weighted by Crippen LogP contribution is -2.39. The van der Waals surface area contributed by atoms with Gasteiger partial charge in [-0.1, -0.05) is 37.2 Å². The maximum absolute atomic E-state index is 5.32. The average Bonchev–Trinajstić information content (AvgIpc) is 3.17. The van der Waals surface area contributed by atoms with E-state index in [1.165, 1.54) is 0 Å². The van der Waals surface area contributed by atoms with Gasteiger partial charge in [0.1, 0.15) is 5.82 Å². The maximum atomic E-state index is 5.32. The van der Waals surface area contributed by atoms with Crippen molar-refractivity contribution in [3.05, 3.63) is 53.9 Å². The molecular weight excluding hydrogens is 467 g/mol. The van der Waals surface area contributed by atoms with Crippen LogP contribution in [0, 0.1) is 0 Å². The van der Waals surface area contributed by atoms with E-state index in [-0.39, 0.29) is 24.0 Å². The van der Waals surface area contributed by atoms with E-state index in [0.717, 1.165) is 34.7 Å². The van der Waals surface area contributed by atoms with Gasteiger partial charge in [0, 0.05) is 31.6 Å². The molecule has 0 radical (unpaired) electrons. The third kappa shape index (κ3) is 6.08. The predicted molar refractivity (Wildman–Crippen MR) is 124 cm³/mol. The van der Waals surface area contributed by atoms with Gasteiger partial charge >= 0.3 is 0 Å². The van der Waals surface area contributed by atoms with E-state index in [2.05, 4.69) is 57.1 Å². The smallest absolute Gasteiger partial charge is 0.191 e.